The first-order valence-electron chi connectivity index (χ1n) is 5.71. The zero-order chi connectivity index (χ0) is 13.4. The predicted molar refractivity (Wildman–Crippen MR) is 65.6 cm³/mol. The van der Waals surface area contributed by atoms with Crippen molar-refractivity contribution in [1.82, 2.24) is 5.32 Å². The first kappa shape index (κ1) is 14.0. The summed E-state index contributed by atoms with van der Waals surface area (Å²) in [6.45, 7) is 5.64. The Kier molecular flexibility index (Phi) is 5.70. The highest BCUT2D eigenvalue weighted by Crippen LogP contribution is 2.00. The number of hydrogen-bond acceptors (Lipinski definition) is 4. The van der Waals surface area contributed by atoms with Crippen LogP contribution in [0.15, 0.2) is 35.0 Å². The van der Waals surface area contributed by atoms with E-state index in [4.69, 9.17) is 9.15 Å². The van der Waals surface area contributed by atoms with E-state index in [0.717, 1.165) is 0 Å². The minimum atomic E-state index is -0.425. The molecule has 0 aliphatic rings. The maximum atomic E-state index is 11.4. The first-order valence-corrected chi connectivity index (χ1v) is 5.71. The van der Waals surface area contributed by atoms with E-state index < -0.39 is 5.97 Å². The van der Waals surface area contributed by atoms with Crippen molar-refractivity contribution in [3.63, 3.8) is 0 Å². The second-order valence-electron chi connectivity index (χ2n) is 3.88. The minimum Gasteiger partial charge on any atom is -0.467 e. The minimum absolute atomic E-state index is 0.0993. The fraction of sp³-hybridized carbons (Fsp3) is 0.385. The molecular weight excluding hydrogens is 234 g/mol. The third-order valence-electron chi connectivity index (χ3n) is 2.17. The lowest BCUT2D eigenvalue weighted by molar-refractivity contribution is -0.139. The maximum absolute atomic E-state index is 11.4. The second kappa shape index (κ2) is 7.32. The molecule has 98 valence electrons. The Morgan fingerprint density at radius 3 is 2.89 bits per heavy atom. The molecule has 1 amide bonds. The molecule has 5 heteroatoms. The molecule has 0 fully saturated rings. The summed E-state index contributed by atoms with van der Waals surface area (Å²) in [5, 5.41) is 2.71. The van der Waals surface area contributed by atoms with Gasteiger partial charge in [-0.15, -0.1) is 0 Å². The van der Waals surface area contributed by atoms with Gasteiger partial charge in [0.2, 0.25) is 5.91 Å². The van der Waals surface area contributed by atoms with Crippen molar-refractivity contribution in [3.8, 4) is 0 Å². The third-order valence-corrected chi connectivity index (χ3v) is 2.17. The zero-order valence-electron chi connectivity index (χ0n) is 10.4. The monoisotopic (exact) mass is 251 g/mol. The molecule has 0 saturated carbocycles. The number of amides is 1. The van der Waals surface area contributed by atoms with Gasteiger partial charge in [-0.2, -0.15) is 0 Å². The van der Waals surface area contributed by atoms with Crippen LogP contribution in [-0.2, 0) is 20.9 Å². The van der Waals surface area contributed by atoms with Crippen LogP contribution < -0.4 is 5.32 Å². The van der Waals surface area contributed by atoms with Gasteiger partial charge in [-0.25, -0.2) is 4.79 Å². The van der Waals surface area contributed by atoms with Gasteiger partial charge in [-0.05, 0) is 25.5 Å². The fourth-order valence-electron chi connectivity index (χ4n) is 1.21. The van der Waals surface area contributed by atoms with Crippen LogP contribution in [-0.4, -0.2) is 18.5 Å². The van der Waals surface area contributed by atoms with Crippen LogP contribution in [0, 0.1) is 0 Å². The van der Waals surface area contributed by atoms with E-state index in [0.29, 0.717) is 30.7 Å². The number of rotatable bonds is 7. The number of nitrogens with one attached hydrogen (secondary N) is 1. The second-order valence-corrected chi connectivity index (χ2v) is 3.88. The lowest BCUT2D eigenvalue weighted by atomic mass is 10.3. The summed E-state index contributed by atoms with van der Waals surface area (Å²) in [5.41, 5.74) is 0.359. The van der Waals surface area contributed by atoms with Crippen LogP contribution in [0.25, 0.3) is 0 Å². The van der Waals surface area contributed by atoms with Crippen molar-refractivity contribution < 1.29 is 18.7 Å². The van der Waals surface area contributed by atoms with Crippen LogP contribution in [0.1, 0.15) is 25.5 Å². The largest absolute Gasteiger partial charge is 0.467 e. The highest BCUT2D eigenvalue weighted by molar-refractivity contribution is 5.86. The molecule has 0 aromatic carbocycles. The highest BCUT2D eigenvalue weighted by Gasteiger charge is 2.05. The first-order chi connectivity index (χ1) is 8.59. The number of ether oxygens (including phenoxy) is 1. The molecule has 0 aliphatic heterocycles. The summed E-state index contributed by atoms with van der Waals surface area (Å²) in [7, 11) is 0. The van der Waals surface area contributed by atoms with Crippen molar-refractivity contribution in [1.29, 1.82) is 0 Å². The summed E-state index contributed by atoms with van der Waals surface area (Å²) >= 11 is 0. The van der Waals surface area contributed by atoms with E-state index in [1.165, 1.54) is 0 Å². The molecule has 0 atom stereocenters. The summed E-state index contributed by atoms with van der Waals surface area (Å²) in [4.78, 5) is 22.4. The van der Waals surface area contributed by atoms with Crippen molar-refractivity contribution in [2.24, 2.45) is 0 Å². The van der Waals surface area contributed by atoms with Crippen molar-refractivity contribution in [2.45, 2.75) is 26.3 Å². The van der Waals surface area contributed by atoms with Gasteiger partial charge in [0.05, 0.1) is 19.4 Å². The van der Waals surface area contributed by atoms with Gasteiger partial charge in [0.25, 0.3) is 0 Å². The van der Waals surface area contributed by atoms with Crippen molar-refractivity contribution in [2.75, 3.05) is 6.61 Å². The average Bonchev–Trinajstić information content (AvgIpc) is 2.84. The van der Waals surface area contributed by atoms with Crippen LogP contribution in [0.4, 0.5) is 0 Å². The average molecular weight is 251 g/mol. The van der Waals surface area contributed by atoms with Gasteiger partial charge in [0, 0.05) is 12.0 Å². The topological polar surface area (TPSA) is 68.5 Å². The Morgan fingerprint density at radius 2 is 2.28 bits per heavy atom. The van der Waals surface area contributed by atoms with E-state index in [2.05, 4.69) is 11.9 Å². The quantitative estimate of drug-likeness (QED) is 0.456. The normalized spacial score (nSPS) is 9.83. The van der Waals surface area contributed by atoms with E-state index in [1.54, 1.807) is 25.3 Å². The van der Waals surface area contributed by atoms with Crippen molar-refractivity contribution in [3.05, 3.63) is 36.3 Å². The van der Waals surface area contributed by atoms with Gasteiger partial charge >= 0.3 is 5.97 Å². The highest BCUT2D eigenvalue weighted by atomic mass is 16.5. The van der Waals surface area contributed by atoms with E-state index in [1.807, 2.05) is 0 Å². The van der Waals surface area contributed by atoms with Gasteiger partial charge in [-0.3, -0.25) is 4.79 Å². The van der Waals surface area contributed by atoms with E-state index in [-0.39, 0.29) is 12.5 Å². The van der Waals surface area contributed by atoms with E-state index in [9.17, 15) is 9.59 Å². The predicted octanol–water partition coefficient (Wildman–Crippen LogP) is 1.80. The Labute approximate surface area is 106 Å². The van der Waals surface area contributed by atoms with Gasteiger partial charge in [-0.1, -0.05) is 6.58 Å². The standard InChI is InChI=1S/C13H17NO4/c1-10(2)13(16)18-8-4-6-12(15)14-9-11-5-3-7-17-11/h3,5,7H,1,4,6,8-9H2,2H3,(H,14,15). The Bertz CT molecular complexity index is 409. The van der Waals surface area contributed by atoms with Crippen LogP contribution in [0.2, 0.25) is 0 Å². The Balaban J connectivity index is 2.07. The van der Waals surface area contributed by atoms with Crippen LogP contribution in [0.5, 0.6) is 0 Å². The molecule has 0 unspecified atom stereocenters. The Hall–Kier alpha value is -2.04. The number of furan rings is 1. The molecule has 1 heterocycles. The van der Waals surface area contributed by atoms with Crippen molar-refractivity contribution >= 4 is 11.9 Å². The van der Waals surface area contributed by atoms with Gasteiger partial charge in [0.15, 0.2) is 0 Å². The molecule has 1 N–H and O–H groups in total. The summed E-state index contributed by atoms with van der Waals surface area (Å²) in [5.74, 6) is 0.181. The smallest absolute Gasteiger partial charge is 0.333 e. The number of carbonyl (C=O) groups excluding carboxylic acids is 2. The molecule has 0 aliphatic carbocycles. The molecule has 0 bridgehead atoms. The summed E-state index contributed by atoms with van der Waals surface area (Å²) in [6.07, 6.45) is 2.35. The third kappa shape index (κ3) is 5.34. The summed E-state index contributed by atoms with van der Waals surface area (Å²) < 4.78 is 9.94. The number of carbonyl (C=O) groups is 2. The molecular formula is C13H17NO4. The lowest BCUT2D eigenvalue weighted by Gasteiger charge is -2.05. The molecule has 0 radical (unpaired) electrons. The molecule has 5 nitrogen and oxygen atoms in total. The Morgan fingerprint density at radius 1 is 1.50 bits per heavy atom. The van der Waals surface area contributed by atoms with E-state index >= 15 is 0 Å². The van der Waals surface area contributed by atoms with Crippen LogP contribution in [0.3, 0.4) is 0 Å². The maximum Gasteiger partial charge on any atom is 0.333 e. The number of hydrogen-bond donors (Lipinski definition) is 1. The molecule has 18 heavy (non-hydrogen) atoms. The van der Waals surface area contributed by atoms with Crippen LogP contribution >= 0.6 is 0 Å². The molecule has 1 rings (SSSR count). The zero-order valence-corrected chi connectivity index (χ0v) is 10.4. The van der Waals surface area contributed by atoms with Gasteiger partial charge in [0.1, 0.15) is 5.76 Å². The molecule has 0 saturated heterocycles. The fourth-order valence-corrected chi connectivity index (χ4v) is 1.21. The number of esters is 1. The molecule has 0 spiro atoms. The molecule has 1 aromatic heterocycles. The SMILES string of the molecule is C=C(C)C(=O)OCCCC(=O)NCc1ccco1. The summed E-state index contributed by atoms with van der Waals surface area (Å²) in [6, 6.07) is 3.55. The van der Waals surface area contributed by atoms with Gasteiger partial charge < -0.3 is 14.5 Å². The molecule has 1 aromatic rings. The lowest BCUT2D eigenvalue weighted by Crippen LogP contribution is -2.22.